The molecular formula is C35H22N2O2. The number of nitrogens with zero attached hydrogens (tertiary/aromatic N) is 2. The van der Waals surface area contributed by atoms with Crippen molar-refractivity contribution in [1.82, 2.24) is 4.98 Å². The predicted octanol–water partition coefficient (Wildman–Crippen LogP) is 10.0. The van der Waals surface area contributed by atoms with Gasteiger partial charge in [-0.25, -0.2) is 4.98 Å². The number of benzene rings is 6. The van der Waals surface area contributed by atoms with Crippen molar-refractivity contribution in [2.45, 2.75) is 0 Å². The molecule has 4 heteroatoms. The third-order valence-electron chi connectivity index (χ3n) is 7.25. The lowest BCUT2D eigenvalue weighted by atomic mass is 10.1. The first-order valence-corrected chi connectivity index (χ1v) is 13.0. The van der Waals surface area contributed by atoms with Gasteiger partial charge in [-0.3, -0.25) is 0 Å². The maximum atomic E-state index is 6.63. The first-order chi connectivity index (χ1) is 19.3. The summed E-state index contributed by atoms with van der Waals surface area (Å²) in [6.45, 7) is 0. The molecule has 0 unspecified atom stereocenters. The highest BCUT2D eigenvalue weighted by molar-refractivity contribution is 6.20. The van der Waals surface area contributed by atoms with Gasteiger partial charge in [-0.2, -0.15) is 0 Å². The summed E-state index contributed by atoms with van der Waals surface area (Å²) in [5.41, 5.74) is 6.94. The van der Waals surface area contributed by atoms with Crippen LogP contribution in [0, 0.1) is 0 Å². The van der Waals surface area contributed by atoms with Gasteiger partial charge in [0.2, 0.25) is 5.89 Å². The third kappa shape index (κ3) is 3.50. The molecule has 0 amide bonds. The summed E-state index contributed by atoms with van der Waals surface area (Å²) >= 11 is 0. The molecule has 4 nitrogen and oxygen atoms in total. The number of para-hydroxylation sites is 2. The van der Waals surface area contributed by atoms with Crippen molar-refractivity contribution in [2.24, 2.45) is 0 Å². The first-order valence-electron chi connectivity index (χ1n) is 13.0. The van der Waals surface area contributed by atoms with E-state index in [4.69, 9.17) is 13.8 Å². The smallest absolute Gasteiger partial charge is 0.227 e. The monoisotopic (exact) mass is 502 g/mol. The number of fused-ring (bicyclic) bond motifs is 5. The summed E-state index contributed by atoms with van der Waals surface area (Å²) in [5.74, 6) is 0.579. The van der Waals surface area contributed by atoms with Crippen LogP contribution >= 0.6 is 0 Å². The molecule has 0 saturated heterocycles. The fourth-order valence-corrected chi connectivity index (χ4v) is 5.47. The Morgan fingerprint density at radius 2 is 1.26 bits per heavy atom. The van der Waals surface area contributed by atoms with E-state index in [0.29, 0.717) is 11.5 Å². The van der Waals surface area contributed by atoms with Crippen LogP contribution in [0.1, 0.15) is 0 Å². The fraction of sp³-hybridized carbons (Fsp3) is 0. The van der Waals surface area contributed by atoms with Gasteiger partial charge in [0.1, 0.15) is 22.4 Å². The number of hydrogen-bond donors (Lipinski definition) is 0. The number of anilines is 3. The Hall–Kier alpha value is -5.35. The summed E-state index contributed by atoms with van der Waals surface area (Å²) in [7, 11) is 0. The maximum absolute atomic E-state index is 6.63. The average Bonchev–Trinajstić information content (AvgIpc) is 3.59. The van der Waals surface area contributed by atoms with Crippen LogP contribution in [0.4, 0.5) is 17.1 Å². The van der Waals surface area contributed by atoms with Crippen molar-refractivity contribution < 1.29 is 8.83 Å². The quantitative estimate of drug-likeness (QED) is 0.240. The average molecular weight is 503 g/mol. The number of furan rings is 1. The fourth-order valence-electron chi connectivity index (χ4n) is 5.47. The zero-order chi connectivity index (χ0) is 25.8. The predicted molar refractivity (Wildman–Crippen MR) is 159 cm³/mol. The lowest BCUT2D eigenvalue weighted by Gasteiger charge is -2.26. The normalized spacial score (nSPS) is 11.6. The Morgan fingerprint density at radius 1 is 0.538 bits per heavy atom. The molecule has 0 aliphatic carbocycles. The highest BCUT2D eigenvalue weighted by Gasteiger charge is 2.26. The Balaban J connectivity index is 1.51. The molecule has 2 heterocycles. The first kappa shape index (κ1) is 21.7. The molecule has 0 saturated carbocycles. The lowest BCUT2D eigenvalue weighted by Crippen LogP contribution is -2.10. The van der Waals surface area contributed by atoms with Crippen LogP contribution in [-0.2, 0) is 0 Å². The largest absolute Gasteiger partial charge is 0.456 e. The van der Waals surface area contributed by atoms with Crippen LogP contribution in [-0.4, -0.2) is 4.98 Å². The van der Waals surface area contributed by atoms with Crippen molar-refractivity contribution in [3.8, 4) is 11.5 Å². The second kappa shape index (κ2) is 8.61. The summed E-state index contributed by atoms with van der Waals surface area (Å²) < 4.78 is 13.0. The molecule has 0 aliphatic rings. The van der Waals surface area contributed by atoms with Gasteiger partial charge in [0, 0.05) is 28.4 Å². The summed E-state index contributed by atoms with van der Waals surface area (Å²) in [6, 6.07) is 45.5. The van der Waals surface area contributed by atoms with Crippen LogP contribution in [0.2, 0.25) is 0 Å². The van der Waals surface area contributed by atoms with E-state index in [2.05, 4.69) is 77.7 Å². The molecule has 0 radical (unpaired) electrons. The summed E-state index contributed by atoms with van der Waals surface area (Å²) in [4.78, 5) is 7.19. The zero-order valence-electron chi connectivity index (χ0n) is 20.9. The minimum atomic E-state index is 0.579. The zero-order valence-corrected chi connectivity index (χ0v) is 20.9. The molecule has 0 N–H and O–H groups in total. The second-order valence-electron chi connectivity index (χ2n) is 9.63. The molecule has 0 spiro atoms. The van der Waals surface area contributed by atoms with Crippen LogP contribution < -0.4 is 4.90 Å². The number of aromatic nitrogens is 1. The summed E-state index contributed by atoms with van der Waals surface area (Å²) in [5, 5.41) is 4.38. The molecule has 0 atom stereocenters. The molecular weight excluding hydrogens is 480 g/mol. The van der Waals surface area contributed by atoms with Crippen molar-refractivity contribution in [2.75, 3.05) is 4.90 Å². The minimum Gasteiger partial charge on any atom is -0.456 e. The van der Waals surface area contributed by atoms with E-state index in [0.717, 1.165) is 50.1 Å². The van der Waals surface area contributed by atoms with Gasteiger partial charge in [0.15, 0.2) is 5.58 Å². The molecule has 39 heavy (non-hydrogen) atoms. The van der Waals surface area contributed by atoms with Gasteiger partial charge in [0.25, 0.3) is 0 Å². The van der Waals surface area contributed by atoms with Crippen LogP contribution in [0.25, 0.3) is 55.3 Å². The number of hydrogen-bond acceptors (Lipinski definition) is 4. The molecule has 0 aliphatic heterocycles. The van der Waals surface area contributed by atoms with E-state index in [9.17, 15) is 0 Å². The Bertz CT molecular complexity index is 2130. The van der Waals surface area contributed by atoms with Crippen molar-refractivity contribution in [3.05, 3.63) is 133 Å². The Labute approximate surface area is 224 Å². The lowest BCUT2D eigenvalue weighted by molar-refractivity contribution is 0.620. The minimum absolute atomic E-state index is 0.579. The van der Waals surface area contributed by atoms with Crippen LogP contribution in [0.3, 0.4) is 0 Å². The number of rotatable bonds is 4. The third-order valence-corrected chi connectivity index (χ3v) is 7.25. The second-order valence-corrected chi connectivity index (χ2v) is 9.63. The highest BCUT2D eigenvalue weighted by Crippen LogP contribution is 2.48. The molecule has 0 fully saturated rings. The van der Waals surface area contributed by atoms with Gasteiger partial charge in [-0.1, -0.05) is 84.9 Å². The van der Waals surface area contributed by atoms with E-state index < -0.39 is 0 Å². The molecule has 0 bridgehead atoms. The molecule has 184 valence electrons. The van der Waals surface area contributed by atoms with Gasteiger partial charge >= 0.3 is 0 Å². The van der Waals surface area contributed by atoms with E-state index in [-0.39, 0.29) is 0 Å². The highest BCUT2D eigenvalue weighted by atomic mass is 16.4. The molecule has 8 rings (SSSR count). The van der Waals surface area contributed by atoms with Gasteiger partial charge < -0.3 is 13.7 Å². The summed E-state index contributed by atoms with van der Waals surface area (Å²) in [6.07, 6.45) is 0. The Morgan fingerprint density at radius 3 is 2.10 bits per heavy atom. The van der Waals surface area contributed by atoms with Crippen molar-refractivity contribution >= 4 is 60.9 Å². The van der Waals surface area contributed by atoms with E-state index in [1.807, 2.05) is 60.7 Å². The maximum Gasteiger partial charge on any atom is 0.227 e. The van der Waals surface area contributed by atoms with E-state index in [1.54, 1.807) is 0 Å². The molecule has 2 aromatic heterocycles. The number of oxazole rings is 1. The molecule has 8 aromatic rings. The topological polar surface area (TPSA) is 42.4 Å². The van der Waals surface area contributed by atoms with Gasteiger partial charge in [-0.05, 0) is 53.2 Å². The van der Waals surface area contributed by atoms with Crippen LogP contribution in [0.5, 0.6) is 0 Å². The van der Waals surface area contributed by atoms with Gasteiger partial charge in [-0.15, -0.1) is 0 Å². The van der Waals surface area contributed by atoms with E-state index >= 15 is 0 Å². The van der Waals surface area contributed by atoms with Crippen molar-refractivity contribution in [1.29, 1.82) is 0 Å². The SMILES string of the molecule is c1ccc(-c2nc3cc4oc5ccccc5c4c(N(c4ccccc4)c4ccc5ccccc5c4)c3o2)cc1. The van der Waals surface area contributed by atoms with Gasteiger partial charge in [0.05, 0.1) is 5.39 Å². The van der Waals surface area contributed by atoms with Crippen LogP contribution in [0.15, 0.2) is 142 Å². The van der Waals surface area contributed by atoms with Crippen molar-refractivity contribution in [3.63, 3.8) is 0 Å². The Kier molecular flexibility index (Phi) is 4.79. The van der Waals surface area contributed by atoms with E-state index in [1.165, 1.54) is 10.8 Å². The standard InChI is InChI=1S/C35H22N2O2/c1-3-12-24(13-4-1)35-36-29-22-31-32(28-17-9-10-18-30(28)38-31)33(34(29)39-35)37(26-15-5-2-6-16-26)27-20-19-23-11-7-8-14-25(23)21-27/h1-22H. The molecule has 6 aromatic carbocycles.